The van der Waals surface area contributed by atoms with Gasteiger partial charge in [0.05, 0.1) is 0 Å². The van der Waals surface area contributed by atoms with Gasteiger partial charge in [-0.3, -0.25) is 14.4 Å². The molecule has 2 N–H and O–H groups in total. The molecule has 1 unspecified atom stereocenters. The largest absolute Gasteiger partial charge is 0.343 e. The van der Waals surface area contributed by atoms with Crippen molar-refractivity contribution in [1.29, 1.82) is 0 Å². The standard InChI is InChI=1S/C17H22N4O4/c1-2-12-15(23)20-17(25-12)5-7-21(8-6-17)16(24)11-9-13(22)19-14(18-11)10-3-4-10/h9-10,12H,2-8H2,1H3,(H,20,23)(H,18,19,22). The smallest absolute Gasteiger partial charge is 0.272 e. The molecule has 2 amide bonds. The van der Waals surface area contributed by atoms with Crippen LogP contribution in [0.15, 0.2) is 10.9 Å². The molecule has 0 aromatic carbocycles. The van der Waals surface area contributed by atoms with Crippen LogP contribution < -0.4 is 10.9 Å². The number of H-pyrrole nitrogens is 1. The number of amides is 2. The molecular weight excluding hydrogens is 324 g/mol. The first-order valence-electron chi connectivity index (χ1n) is 8.90. The van der Waals surface area contributed by atoms with E-state index < -0.39 is 11.8 Å². The summed E-state index contributed by atoms with van der Waals surface area (Å²) in [6, 6.07) is 1.26. The molecule has 3 fully saturated rings. The van der Waals surface area contributed by atoms with Gasteiger partial charge in [0.25, 0.3) is 17.4 Å². The molecule has 3 aliphatic rings. The Morgan fingerprint density at radius 1 is 1.36 bits per heavy atom. The van der Waals surface area contributed by atoms with Crippen molar-refractivity contribution in [2.75, 3.05) is 13.1 Å². The molecule has 1 spiro atoms. The van der Waals surface area contributed by atoms with Crippen molar-refractivity contribution in [2.45, 2.75) is 56.8 Å². The Kier molecular flexibility index (Phi) is 3.87. The molecule has 1 saturated carbocycles. The average Bonchev–Trinajstić information content (AvgIpc) is 3.40. The first-order valence-corrected chi connectivity index (χ1v) is 8.90. The van der Waals surface area contributed by atoms with Gasteiger partial charge in [0.2, 0.25) is 0 Å². The maximum Gasteiger partial charge on any atom is 0.272 e. The van der Waals surface area contributed by atoms with Crippen LogP contribution >= 0.6 is 0 Å². The second-order valence-electron chi connectivity index (χ2n) is 7.08. The highest BCUT2D eigenvalue weighted by Gasteiger charge is 2.46. The number of likely N-dealkylation sites (tertiary alicyclic amines) is 1. The molecule has 134 valence electrons. The summed E-state index contributed by atoms with van der Waals surface area (Å²) < 4.78 is 5.89. The fourth-order valence-corrected chi connectivity index (χ4v) is 3.54. The van der Waals surface area contributed by atoms with Gasteiger partial charge in [-0.1, -0.05) is 6.92 Å². The van der Waals surface area contributed by atoms with Crippen molar-refractivity contribution in [2.24, 2.45) is 0 Å². The SMILES string of the molecule is CCC1OC2(CCN(C(=O)c3cc(=O)[nH]c(C4CC4)n3)CC2)NC1=O. The van der Waals surface area contributed by atoms with Crippen LogP contribution in [-0.4, -0.2) is 51.6 Å². The molecule has 1 aromatic heterocycles. The number of piperidine rings is 1. The number of carbonyl (C=O) groups excluding carboxylic acids is 2. The molecule has 3 heterocycles. The summed E-state index contributed by atoms with van der Waals surface area (Å²) in [6.45, 7) is 2.84. The molecule has 4 rings (SSSR count). The van der Waals surface area contributed by atoms with Gasteiger partial charge in [-0.25, -0.2) is 4.98 Å². The molecule has 8 nitrogen and oxygen atoms in total. The third-order valence-electron chi connectivity index (χ3n) is 5.18. The molecular formula is C17H22N4O4. The van der Waals surface area contributed by atoms with Crippen LogP contribution in [0.5, 0.6) is 0 Å². The van der Waals surface area contributed by atoms with E-state index in [1.165, 1.54) is 6.07 Å². The highest BCUT2D eigenvalue weighted by Crippen LogP contribution is 2.37. The summed E-state index contributed by atoms with van der Waals surface area (Å²) in [7, 11) is 0. The van der Waals surface area contributed by atoms with Crippen LogP contribution in [0.3, 0.4) is 0 Å². The Balaban J connectivity index is 1.45. The molecule has 1 aromatic rings. The van der Waals surface area contributed by atoms with Crippen molar-refractivity contribution < 1.29 is 14.3 Å². The van der Waals surface area contributed by atoms with E-state index in [4.69, 9.17) is 4.74 Å². The van der Waals surface area contributed by atoms with Gasteiger partial charge >= 0.3 is 0 Å². The van der Waals surface area contributed by atoms with Crippen molar-refractivity contribution in [3.63, 3.8) is 0 Å². The summed E-state index contributed by atoms with van der Waals surface area (Å²) in [5.41, 5.74) is -0.745. The summed E-state index contributed by atoms with van der Waals surface area (Å²) in [4.78, 5) is 45.2. The molecule has 0 radical (unpaired) electrons. The molecule has 1 atom stereocenters. The Hall–Kier alpha value is -2.22. The Morgan fingerprint density at radius 3 is 2.68 bits per heavy atom. The number of nitrogens with one attached hydrogen (secondary N) is 2. The number of hydrogen-bond acceptors (Lipinski definition) is 5. The lowest BCUT2D eigenvalue weighted by Crippen LogP contribution is -2.53. The van der Waals surface area contributed by atoms with Gasteiger partial charge in [0, 0.05) is 37.9 Å². The van der Waals surface area contributed by atoms with Gasteiger partial charge in [-0.05, 0) is 19.3 Å². The summed E-state index contributed by atoms with van der Waals surface area (Å²) >= 11 is 0. The van der Waals surface area contributed by atoms with Crippen molar-refractivity contribution in [3.8, 4) is 0 Å². The van der Waals surface area contributed by atoms with Gasteiger partial charge in [-0.2, -0.15) is 0 Å². The first kappa shape index (κ1) is 16.3. The second-order valence-corrected chi connectivity index (χ2v) is 7.08. The minimum atomic E-state index is -0.657. The summed E-state index contributed by atoms with van der Waals surface area (Å²) in [5.74, 6) is 0.575. The monoisotopic (exact) mass is 346 g/mol. The van der Waals surface area contributed by atoms with Gasteiger partial charge in [0.15, 0.2) is 0 Å². The van der Waals surface area contributed by atoms with E-state index in [1.807, 2.05) is 6.92 Å². The van der Waals surface area contributed by atoms with Crippen LogP contribution in [-0.2, 0) is 9.53 Å². The lowest BCUT2D eigenvalue weighted by Gasteiger charge is -2.38. The number of aromatic nitrogens is 2. The Morgan fingerprint density at radius 2 is 2.08 bits per heavy atom. The highest BCUT2D eigenvalue weighted by molar-refractivity contribution is 5.92. The summed E-state index contributed by atoms with van der Waals surface area (Å²) in [6.07, 6.45) is 3.32. The molecule has 2 saturated heterocycles. The molecule has 1 aliphatic carbocycles. The number of rotatable bonds is 3. The van der Waals surface area contributed by atoms with E-state index in [9.17, 15) is 14.4 Å². The van der Waals surface area contributed by atoms with E-state index in [0.717, 1.165) is 12.8 Å². The predicted octanol–water partition coefficient (Wildman–Crippen LogP) is 0.505. The highest BCUT2D eigenvalue weighted by atomic mass is 16.5. The van der Waals surface area contributed by atoms with E-state index in [-0.39, 0.29) is 29.0 Å². The van der Waals surface area contributed by atoms with E-state index in [1.54, 1.807) is 4.90 Å². The van der Waals surface area contributed by atoms with E-state index >= 15 is 0 Å². The Bertz CT molecular complexity index is 762. The average molecular weight is 346 g/mol. The van der Waals surface area contributed by atoms with Crippen molar-refractivity contribution in [3.05, 3.63) is 27.9 Å². The fraction of sp³-hybridized carbons (Fsp3) is 0.647. The zero-order valence-corrected chi connectivity index (χ0v) is 14.2. The predicted molar refractivity (Wildman–Crippen MR) is 88.0 cm³/mol. The van der Waals surface area contributed by atoms with Crippen LogP contribution in [0.2, 0.25) is 0 Å². The van der Waals surface area contributed by atoms with Crippen LogP contribution in [0.1, 0.15) is 61.3 Å². The van der Waals surface area contributed by atoms with Gasteiger partial charge in [-0.15, -0.1) is 0 Å². The lowest BCUT2D eigenvalue weighted by molar-refractivity contribution is -0.124. The zero-order valence-electron chi connectivity index (χ0n) is 14.2. The topological polar surface area (TPSA) is 104 Å². The quantitative estimate of drug-likeness (QED) is 0.829. The zero-order chi connectivity index (χ0) is 17.6. The first-order chi connectivity index (χ1) is 12.0. The van der Waals surface area contributed by atoms with Crippen LogP contribution in [0.25, 0.3) is 0 Å². The van der Waals surface area contributed by atoms with Crippen molar-refractivity contribution >= 4 is 11.8 Å². The molecule has 8 heteroatoms. The van der Waals surface area contributed by atoms with Gasteiger partial charge in [0.1, 0.15) is 23.3 Å². The number of carbonyl (C=O) groups is 2. The molecule has 0 bridgehead atoms. The molecule has 2 aliphatic heterocycles. The van der Waals surface area contributed by atoms with E-state index in [2.05, 4.69) is 15.3 Å². The third kappa shape index (κ3) is 3.06. The number of hydrogen-bond donors (Lipinski definition) is 2. The number of ether oxygens (including phenoxy) is 1. The number of aromatic amines is 1. The van der Waals surface area contributed by atoms with Crippen LogP contribution in [0, 0.1) is 0 Å². The summed E-state index contributed by atoms with van der Waals surface area (Å²) in [5, 5.41) is 2.94. The maximum absolute atomic E-state index is 12.7. The lowest BCUT2D eigenvalue weighted by atomic mass is 10.0. The fourth-order valence-electron chi connectivity index (χ4n) is 3.54. The second kappa shape index (κ2) is 5.94. The number of nitrogens with zero attached hydrogens (tertiary/aromatic N) is 2. The van der Waals surface area contributed by atoms with Crippen molar-refractivity contribution in [1.82, 2.24) is 20.2 Å². The minimum Gasteiger partial charge on any atom is -0.343 e. The molecule has 25 heavy (non-hydrogen) atoms. The normalized spacial score (nSPS) is 25.2. The maximum atomic E-state index is 12.7. The van der Waals surface area contributed by atoms with E-state index in [0.29, 0.717) is 38.2 Å². The van der Waals surface area contributed by atoms with Gasteiger partial charge < -0.3 is 19.9 Å². The Labute approximate surface area is 145 Å². The minimum absolute atomic E-state index is 0.0763. The van der Waals surface area contributed by atoms with Crippen LogP contribution in [0.4, 0.5) is 0 Å². The third-order valence-corrected chi connectivity index (χ3v) is 5.18.